The Morgan fingerprint density at radius 2 is 1.62 bits per heavy atom. The molecule has 0 aliphatic heterocycles. The van der Waals surface area contributed by atoms with E-state index in [0.29, 0.717) is 17.9 Å². The molecule has 0 saturated carbocycles. The molecule has 1 unspecified atom stereocenters. The summed E-state index contributed by atoms with van der Waals surface area (Å²) >= 11 is 0. The minimum Gasteiger partial charge on any atom is -0.289 e. The molecule has 0 heterocycles. The van der Waals surface area contributed by atoms with Gasteiger partial charge in [-0.15, -0.1) is 4.52 Å². The fourth-order valence-electron chi connectivity index (χ4n) is 2.63. The van der Waals surface area contributed by atoms with Crippen molar-refractivity contribution in [3.05, 3.63) is 64.2 Å². The van der Waals surface area contributed by atoms with Gasteiger partial charge in [0.15, 0.2) is 11.5 Å². The molecule has 0 aliphatic carbocycles. The van der Waals surface area contributed by atoms with Crippen LogP contribution in [0.15, 0.2) is 36.4 Å². The van der Waals surface area contributed by atoms with E-state index in [4.69, 9.17) is 9.05 Å². The number of aryl methyl sites for hydroxylation is 3. The molecule has 0 radical (unpaired) electrons. The van der Waals surface area contributed by atoms with Crippen molar-refractivity contribution >= 4 is 14.0 Å². The van der Waals surface area contributed by atoms with Crippen LogP contribution >= 0.6 is 8.25 Å². The lowest BCUT2D eigenvalue weighted by Gasteiger charge is -2.10. The van der Waals surface area contributed by atoms with Gasteiger partial charge in [-0.2, -0.15) is 0 Å². The van der Waals surface area contributed by atoms with Gasteiger partial charge in [0.2, 0.25) is 0 Å². The Labute approximate surface area is 143 Å². The van der Waals surface area contributed by atoms with E-state index >= 15 is 0 Å². The summed E-state index contributed by atoms with van der Waals surface area (Å²) < 4.78 is 21.8. The van der Waals surface area contributed by atoms with Gasteiger partial charge in [0, 0.05) is 15.7 Å². The summed E-state index contributed by atoms with van der Waals surface area (Å²) in [4.78, 5) is 12.8. The summed E-state index contributed by atoms with van der Waals surface area (Å²) in [7, 11) is -2.18. The van der Waals surface area contributed by atoms with Crippen molar-refractivity contribution in [3.63, 3.8) is 0 Å². The van der Waals surface area contributed by atoms with Gasteiger partial charge in [-0.25, -0.2) is 4.52 Å². The average molecular weight is 345 g/mol. The molecule has 0 aromatic heterocycles. The minimum absolute atomic E-state index is 0.0248. The minimum atomic E-state index is -2.18. The molecule has 4 nitrogen and oxygen atoms in total. The van der Waals surface area contributed by atoms with Gasteiger partial charge in [0.1, 0.15) is 6.61 Å². The van der Waals surface area contributed by atoms with Gasteiger partial charge in [-0.1, -0.05) is 24.6 Å². The molecule has 2 aromatic carbocycles. The molecule has 0 saturated heterocycles. The zero-order valence-corrected chi connectivity index (χ0v) is 15.4. The molecule has 0 amide bonds. The number of ketones is 1. The molecule has 0 spiro atoms. The molecule has 5 heteroatoms. The maximum atomic E-state index is 12.8. The Bertz CT molecular complexity index is 727. The molecule has 24 heavy (non-hydrogen) atoms. The van der Waals surface area contributed by atoms with Crippen LogP contribution in [0.2, 0.25) is 0 Å². The lowest BCUT2D eigenvalue weighted by molar-refractivity contribution is 0.103. The van der Waals surface area contributed by atoms with E-state index < -0.39 is 8.25 Å². The monoisotopic (exact) mass is 345 g/mol. The van der Waals surface area contributed by atoms with E-state index in [0.717, 1.165) is 28.7 Å². The molecule has 0 bridgehead atoms. The highest BCUT2D eigenvalue weighted by molar-refractivity contribution is 7.33. The summed E-state index contributed by atoms with van der Waals surface area (Å²) in [5.41, 5.74) is 4.37. The van der Waals surface area contributed by atoms with Crippen LogP contribution in [0, 0.1) is 20.8 Å². The number of hydrogen-bond acceptors (Lipinski definition) is 4. The van der Waals surface area contributed by atoms with Crippen molar-refractivity contribution in [3.8, 4) is 5.75 Å². The Hall–Kier alpha value is -2.03. The molecule has 126 valence electrons. The van der Waals surface area contributed by atoms with Crippen LogP contribution in [0.3, 0.4) is 0 Å². The molecular weight excluding hydrogens is 323 g/mol. The van der Waals surface area contributed by atoms with Crippen LogP contribution in [0.5, 0.6) is 5.75 Å². The first-order valence-corrected chi connectivity index (χ1v) is 9.02. The zero-order valence-electron chi connectivity index (χ0n) is 14.5. The highest BCUT2D eigenvalue weighted by atomic mass is 31.1. The first-order valence-electron chi connectivity index (χ1n) is 7.93. The standard InChI is InChI=1S/C19H22O4P/c1-5-10-22-24(21)23-17-8-6-16(7-9-17)19(20)18-14(3)11-13(2)12-15(18)4/h6-9,11-12H,5,10H2,1-4H3/q+1. The van der Waals surface area contributed by atoms with E-state index in [-0.39, 0.29) is 5.78 Å². The third-order valence-electron chi connectivity index (χ3n) is 3.60. The quantitative estimate of drug-likeness (QED) is 0.504. The van der Waals surface area contributed by atoms with E-state index in [1.54, 1.807) is 24.3 Å². The summed E-state index contributed by atoms with van der Waals surface area (Å²) in [6.07, 6.45) is 0.771. The maximum absolute atomic E-state index is 12.8. The van der Waals surface area contributed by atoms with Gasteiger partial charge in [0.25, 0.3) is 0 Å². The van der Waals surface area contributed by atoms with Crippen molar-refractivity contribution in [2.45, 2.75) is 34.1 Å². The number of hydrogen-bond donors (Lipinski definition) is 0. The number of benzene rings is 2. The van der Waals surface area contributed by atoms with Crippen molar-refractivity contribution in [2.24, 2.45) is 0 Å². The summed E-state index contributed by atoms with van der Waals surface area (Å²) in [6, 6.07) is 10.6. The second-order valence-electron chi connectivity index (χ2n) is 5.78. The van der Waals surface area contributed by atoms with E-state index in [9.17, 15) is 9.36 Å². The Morgan fingerprint density at radius 1 is 1.04 bits per heavy atom. The smallest absolute Gasteiger partial charge is 0.289 e. The van der Waals surface area contributed by atoms with Gasteiger partial charge in [-0.05, 0) is 62.6 Å². The first-order chi connectivity index (χ1) is 11.4. The third kappa shape index (κ3) is 4.50. The topological polar surface area (TPSA) is 52.6 Å². The maximum Gasteiger partial charge on any atom is 0.750 e. The molecule has 0 aliphatic rings. The van der Waals surface area contributed by atoms with Crippen LogP contribution in [0.4, 0.5) is 0 Å². The van der Waals surface area contributed by atoms with Crippen LogP contribution in [0.25, 0.3) is 0 Å². The SMILES string of the molecule is CCCO[P+](=O)Oc1ccc(C(=O)c2c(C)cc(C)cc2C)cc1. The number of rotatable bonds is 7. The van der Waals surface area contributed by atoms with Gasteiger partial charge < -0.3 is 0 Å². The summed E-state index contributed by atoms with van der Waals surface area (Å²) in [5, 5.41) is 0. The van der Waals surface area contributed by atoms with Gasteiger partial charge in [0.05, 0.1) is 0 Å². The fraction of sp³-hybridized carbons (Fsp3) is 0.316. The fourth-order valence-corrected chi connectivity index (χ4v) is 3.31. The molecule has 0 fully saturated rings. The molecular formula is C19H22O4P+. The normalized spacial score (nSPS) is 11.2. The Balaban J connectivity index is 2.16. The van der Waals surface area contributed by atoms with Crippen molar-refractivity contribution in [2.75, 3.05) is 6.61 Å². The second-order valence-corrected chi connectivity index (χ2v) is 6.66. The first kappa shape index (κ1) is 18.3. The van der Waals surface area contributed by atoms with Crippen LogP contribution < -0.4 is 4.52 Å². The highest BCUT2D eigenvalue weighted by Gasteiger charge is 2.22. The average Bonchev–Trinajstić information content (AvgIpc) is 2.52. The van der Waals surface area contributed by atoms with Crippen LogP contribution in [-0.4, -0.2) is 12.4 Å². The Morgan fingerprint density at radius 3 is 2.17 bits per heavy atom. The predicted octanol–water partition coefficient (Wildman–Crippen LogP) is 5.31. The van der Waals surface area contributed by atoms with Gasteiger partial charge in [-0.3, -0.25) is 4.79 Å². The Kier molecular flexibility index (Phi) is 6.24. The molecule has 0 N–H and O–H groups in total. The van der Waals surface area contributed by atoms with Crippen molar-refractivity contribution < 1.29 is 18.4 Å². The predicted molar refractivity (Wildman–Crippen MR) is 95.0 cm³/mol. The third-order valence-corrected chi connectivity index (χ3v) is 4.35. The number of carbonyl (C=O) groups excluding carboxylic acids is 1. The van der Waals surface area contributed by atoms with E-state index in [1.807, 2.05) is 39.8 Å². The van der Waals surface area contributed by atoms with Crippen molar-refractivity contribution in [1.29, 1.82) is 0 Å². The molecule has 2 aromatic rings. The van der Waals surface area contributed by atoms with Crippen LogP contribution in [-0.2, 0) is 9.09 Å². The second kappa shape index (κ2) is 8.18. The van der Waals surface area contributed by atoms with E-state index in [1.165, 1.54) is 0 Å². The number of carbonyl (C=O) groups is 1. The summed E-state index contributed by atoms with van der Waals surface area (Å²) in [5.74, 6) is 0.393. The lowest BCUT2D eigenvalue weighted by atomic mass is 9.93. The lowest BCUT2D eigenvalue weighted by Crippen LogP contribution is -2.06. The summed E-state index contributed by atoms with van der Waals surface area (Å²) in [6.45, 7) is 8.22. The molecule has 1 atom stereocenters. The zero-order chi connectivity index (χ0) is 17.7. The van der Waals surface area contributed by atoms with Gasteiger partial charge >= 0.3 is 8.25 Å². The van der Waals surface area contributed by atoms with Crippen LogP contribution in [0.1, 0.15) is 46.0 Å². The van der Waals surface area contributed by atoms with E-state index in [2.05, 4.69) is 0 Å². The van der Waals surface area contributed by atoms with Crippen molar-refractivity contribution in [1.82, 2.24) is 0 Å². The largest absolute Gasteiger partial charge is 0.750 e. The highest BCUT2D eigenvalue weighted by Crippen LogP contribution is 2.29. The molecule has 2 rings (SSSR count).